The molecule has 0 saturated carbocycles. The van der Waals surface area contributed by atoms with Gasteiger partial charge in [-0.25, -0.2) is 9.59 Å². The average molecular weight is 413 g/mol. The van der Waals surface area contributed by atoms with Crippen molar-refractivity contribution in [1.82, 2.24) is 20.2 Å². The van der Waals surface area contributed by atoms with E-state index in [-0.39, 0.29) is 6.61 Å². The standard InChI is InChI=1S/C20H23N5O5/c1-2-13-29-16-5-3-15(4-6-16)22-9-11-23(12-10-22)20(28)30-25-18(26)17-14-21-7-8-24(17)19(25)27/h1,3-6,17,21H,7-14H2/t17-/m0/s1. The van der Waals surface area contributed by atoms with Crippen molar-refractivity contribution < 1.29 is 24.0 Å². The SMILES string of the molecule is C#CCOc1ccc(N2CCN(C(=O)ON3C(=O)[C@@H]4CNCCN4C3=O)CC2)cc1. The number of anilines is 1. The van der Waals surface area contributed by atoms with E-state index in [0.717, 1.165) is 5.69 Å². The smallest absolute Gasteiger partial charge is 0.434 e. The van der Waals surface area contributed by atoms with Crippen molar-refractivity contribution >= 4 is 23.7 Å². The summed E-state index contributed by atoms with van der Waals surface area (Å²) in [6, 6.07) is 6.38. The lowest BCUT2D eigenvalue weighted by molar-refractivity contribution is -0.151. The third-order valence-electron chi connectivity index (χ3n) is 5.38. The molecule has 0 radical (unpaired) electrons. The maximum Gasteiger partial charge on any atom is 0.434 e. The Morgan fingerprint density at radius 1 is 1.13 bits per heavy atom. The van der Waals surface area contributed by atoms with Gasteiger partial charge >= 0.3 is 12.1 Å². The second-order valence-electron chi connectivity index (χ2n) is 7.15. The number of urea groups is 1. The molecule has 3 heterocycles. The fraction of sp³-hybridized carbons (Fsp3) is 0.450. The first-order valence-corrected chi connectivity index (χ1v) is 9.82. The molecule has 10 heteroatoms. The maximum atomic E-state index is 12.5. The Morgan fingerprint density at radius 2 is 1.87 bits per heavy atom. The van der Waals surface area contributed by atoms with Crippen LogP contribution in [-0.2, 0) is 9.63 Å². The molecular formula is C20H23N5O5. The van der Waals surface area contributed by atoms with Crippen LogP contribution in [-0.4, -0.2) is 91.4 Å². The van der Waals surface area contributed by atoms with Crippen molar-refractivity contribution in [2.24, 2.45) is 0 Å². The summed E-state index contributed by atoms with van der Waals surface area (Å²) in [5, 5.41) is 3.66. The molecular weight excluding hydrogens is 390 g/mol. The normalized spacial score (nSPS) is 21.4. The van der Waals surface area contributed by atoms with Crippen LogP contribution in [0.3, 0.4) is 0 Å². The average Bonchev–Trinajstić information content (AvgIpc) is 3.03. The summed E-state index contributed by atoms with van der Waals surface area (Å²) in [6.07, 6.45) is 4.49. The highest BCUT2D eigenvalue weighted by Gasteiger charge is 2.49. The Labute approximate surface area is 174 Å². The van der Waals surface area contributed by atoms with Gasteiger partial charge in [-0.3, -0.25) is 4.79 Å². The molecule has 3 fully saturated rings. The number of nitrogens with zero attached hydrogens (tertiary/aromatic N) is 4. The lowest BCUT2D eigenvalue weighted by Gasteiger charge is -2.35. The maximum absolute atomic E-state index is 12.5. The summed E-state index contributed by atoms with van der Waals surface area (Å²) in [5.41, 5.74) is 1.00. The number of benzene rings is 1. The molecule has 158 valence electrons. The van der Waals surface area contributed by atoms with Crippen LogP contribution in [0.25, 0.3) is 0 Å². The molecule has 4 amide bonds. The first kappa shape index (κ1) is 19.8. The number of hydrogen-bond acceptors (Lipinski definition) is 7. The molecule has 3 aliphatic rings. The quantitative estimate of drug-likeness (QED) is 0.553. The monoisotopic (exact) mass is 413 g/mol. The summed E-state index contributed by atoms with van der Waals surface area (Å²) in [4.78, 5) is 47.5. The van der Waals surface area contributed by atoms with Gasteiger partial charge in [-0.05, 0) is 24.3 Å². The van der Waals surface area contributed by atoms with Gasteiger partial charge in [-0.2, -0.15) is 0 Å². The zero-order chi connectivity index (χ0) is 21.1. The van der Waals surface area contributed by atoms with E-state index in [2.05, 4.69) is 16.1 Å². The Balaban J connectivity index is 1.30. The molecule has 1 aromatic carbocycles. The number of nitrogens with one attached hydrogen (secondary N) is 1. The summed E-state index contributed by atoms with van der Waals surface area (Å²) < 4.78 is 5.37. The number of ether oxygens (including phenoxy) is 1. The number of amides is 4. The van der Waals surface area contributed by atoms with Crippen LogP contribution in [0.4, 0.5) is 15.3 Å². The number of imide groups is 1. The van der Waals surface area contributed by atoms with E-state index >= 15 is 0 Å². The van der Waals surface area contributed by atoms with Crippen molar-refractivity contribution in [3.8, 4) is 18.1 Å². The first-order chi connectivity index (χ1) is 14.6. The van der Waals surface area contributed by atoms with Gasteiger partial charge in [0, 0.05) is 51.5 Å². The zero-order valence-electron chi connectivity index (χ0n) is 16.5. The van der Waals surface area contributed by atoms with Gasteiger partial charge in [0.1, 0.15) is 18.4 Å². The largest absolute Gasteiger partial charge is 0.481 e. The van der Waals surface area contributed by atoms with Gasteiger partial charge in [0.2, 0.25) is 0 Å². The van der Waals surface area contributed by atoms with Crippen molar-refractivity contribution in [1.29, 1.82) is 0 Å². The van der Waals surface area contributed by atoms with Crippen LogP contribution in [0.1, 0.15) is 0 Å². The second kappa shape index (κ2) is 8.51. The molecule has 30 heavy (non-hydrogen) atoms. The van der Waals surface area contributed by atoms with Gasteiger partial charge in [0.05, 0.1) is 0 Å². The predicted octanol–water partition coefficient (Wildman–Crippen LogP) is 0.108. The summed E-state index contributed by atoms with van der Waals surface area (Å²) in [6.45, 7) is 3.63. The Morgan fingerprint density at radius 3 is 2.53 bits per heavy atom. The number of hydrogen-bond donors (Lipinski definition) is 1. The molecule has 3 aliphatic heterocycles. The van der Waals surface area contributed by atoms with E-state index in [4.69, 9.17) is 16.0 Å². The Bertz CT molecular complexity index is 835. The number of carbonyl (C=O) groups excluding carboxylic acids is 3. The van der Waals surface area contributed by atoms with Gasteiger partial charge in [0.25, 0.3) is 5.91 Å². The van der Waals surface area contributed by atoms with E-state index in [1.165, 1.54) is 9.80 Å². The van der Waals surface area contributed by atoms with E-state index in [0.29, 0.717) is 56.6 Å². The molecule has 0 bridgehead atoms. The molecule has 3 saturated heterocycles. The summed E-state index contributed by atoms with van der Waals surface area (Å²) >= 11 is 0. The predicted molar refractivity (Wildman–Crippen MR) is 107 cm³/mol. The van der Waals surface area contributed by atoms with Crippen LogP contribution < -0.4 is 15.0 Å². The van der Waals surface area contributed by atoms with E-state index in [9.17, 15) is 14.4 Å². The van der Waals surface area contributed by atoms with Crippen LogP contribution >= 0.6 is 0 Å². The molecule has 0 spiro atoms. The fourth-order valence-corrected chi connectivity index (χ4v) is 3.75. The summed E-state index contributed by atoms with van der Waals surface area (Å²) in [5.74, 6) is 2.61. The van der Waals surface area contributed by atoms with E-state index in [1.807, 2.05) is 24.3 Å². The molecule has 0 aromatic heterocycles. The van der Waals surface area contributed by atoms with E-state index < -0.39 is 24.1 Å². The van der Waals surface area contributed by atoms with Crippen LogP contribution in [0.5, 0.6) is 5.75 Å². The molecule has 4 rings (SSSR count). The molecule has 10 nitrogen and oxygen atoms in total. The Kier molecular flexibility index (Phi) is 5.63. The molecule has 1 N–H and O–H groups in total. The number of piperazine rings is 2. The third kappa shape index (κ3) is 3.84. The highest BCUT2D eigenvalue weighted by molar-refractivity contribution is 6.04. The minimum absolute atomic E-state index is 0.219. The Hall–Kier alpha value is -3.45. The van der Waals surface area contributed by atoms with E-state index in [1.54, 1.807) is 0 Å². The van der Waals surface area contributed by atoms with Gasteiger partial charge < -0.3 is 29.6 Å². The van der Waals surface area contributed by atoms with Crippen molar-refractivity contribution in [3.63, 3.8) is 0 Å². The van der Waals surface area contributed by atoms with Crippen molar-refractivity contribution in [2.45, 2.75) is 6.04 Å². The number of carbonyl (C=O) groups is 3. The number of hydroxylamine groups is 2. The van der Waals surface area contributed by atoms with Crippen LogP contribution in [0.15, 0.2) is 24.3 Å². The van der Waals surface area contributed by atoms with Gasteiger partial charge in [-0.1, -0.05) is 11.0 Å². The number of fused-ring (bicyclic) bond motifs is 1. The minimum Gasteiger partial charge on any atom is -0.481 e. The second-order valence-corrected chi connectivity index (χ2v) is 7.15. The molecule has 1 atom stereocenters. The van der Waals surface area contributed by atoms with Crippen molar-refractivity contribution in [2.75, 3.05) is 57.3 Å². The number of terminal acetylenes is 1. The number of rotatable bonds is 4. The lowest BCUT2D eigenvalue weighted by atomic mass is 10.2. The zero-order valence-corrected chi connectivity index (χ0v) is 16.5. The van der Waals surface area contributed by atoms with Gasteiger partial charge in [-0.15, -0.1) is 6.42 Å². The summed E-state index contributed by atoms with van der Waals surface area (Å²) in [7, 11) is 0. The highest BCUT2D eigenvalue weighted by Crippen LogP contribution is 2.22. The third-order valence-corrected chi connectivity index (χ3v) is 5.38. The molecule has 0 aliphatic carbocycles. The highest BCUT2D eigenvalue weighted by atomic mass is 16.7. The van der Waals surface area contributed by atoms with Crippen molar-refractivity contribution in [3.05, 3.63) is 24.3 Å². The van der Waals surface area contributed by atoms with Gasteiger partial charge in [0.15, 0.2) is 0 Å². The van der Waals surface area contributed by atoms with Crippen LogP contribution in [0, 0.1) is 12.3 Å². The molecule has 0 unspecified atom stereocenters. The lowest BCUT2D eigenvalue weighted by Crippen LogP contribution is -2.51. The first-order valence-electron chi connectivity index (χ1n) is 9.82. The van der Waals surface area contributed by atoms with Crippen LogP contribution in [0.2, 0.25) is 0 Å². The fourth-order valence-electron chi connectivity index (χ4n) is 3.75. The minimum atomic E-state index is -0.692. The topological polar surface area (TPSA) is 94.7 Å². The molecule has 1 aromatic rings.